The number of carboxylic acids is 1. The summed E-state index contributed by atoms with van der Waals surface area (Å²) in [4.78, 5) is 42.2. The molecule has 0 aliphatic carbocycles. The molecule has 3 amide bonds. The van der Waals surface area contributed by atoms with E-state index in [1.165, 1.54) is 12.5 Å². The van der Waals surface area contributed by atoms with E-state index in [4.69, 9.17) is 0 Å². The number of anilines is 1. The van der Waals surface area contributed by atoms with Gasteiger partial charge in [0.05, 0.1) is 5.60 Å². The number of rotatable bonds is 11. The van der Waals surface area contributed by atoms with E-state index in [1.807, 2.05) is 19.9 Å². The van der Waals surface area contributed by atoms with Gasteiger partial charge in [-0.1, -0.05) is 6.07 Å². The van der Waals surface area contributed by atoms with E-state index in [-0.39, 0.29) is 37.9 Å². The number of aliphatic carboxylic acids is 1. The van der Waals surface area contributed by atoms with Crippen molar-refractivity contribution in [3.63, 3.8) is 0 Å². The van der Waals surface area contributed by atoms with Gasteiger partial charge >= 0.3 is 12.0 Å². The molecule has 1 atom stereocenters. The summed E-state index contributed by atoms with van der Waals surface area (Å²) in [6.45, 7) is 7.46. The molecule has 0 saturated carbocycles. The van der Waals surface area contributed by atoms with Crippen LogP contribution in [0.2, 0.25) is 0 Å². The number of pyridine rings is 1. The number of nitrogens with one attached hydrogen (secondary N) is 4. The molecule has 1 aromatic heterocycles. The van der Waals surface area contributed by atoms with Crippen LogP contribution in [0.25, 0.3) is 0 Å². The number of nitrogens with zero attached hydrogens (tertiary/aromatic N) is 2. The van der Waals surface area contributed by atoms with Gasteiger partial charge in [0.1, 0.15) is 11.9 Å². The maximum Gasteiger partial charge on any atom is 0.323 e. The predicted molar refractivity (Wildman–Crippen MR) is 140 cm³/mol. The summed E-state index contributed by atoms with van der Waals surface area (Å²) in [7, 11) is 0. The molecule has 11 heteroatoms. The molecule has 1 fully saturated rings. The Bertz CT molecular complexity index is 961. The van der Waals surface area contributed by atoms with Gasteiger partial charge in [-0.3, -0.25) is 9.59 Å². The van der Waals surface area contributed by atoms with Crippen LogP contribution >= 0.6 is 0 Å². The molecule has 1 aromatic rings. The zero-order valence-corrected chi connectivity index (χ0v) is 22.2. The van der Waals surface area contributed by atoms with E-state index in [0.717, 1.165) is 43.7 Å². The average Bonchev–Trinajstić information content (AvgIpc) is 2.83. The number of carbonyl (C=O) groups is 3. The number of urea groups is 1. The number of likely N-dealkylation sites (tertiary alicyclic amines) is 1. The van der Waals surface area contributed by atoms with E-state index in [0.29, 0.717) is 19.5 Å². The Hall–Kier alpha value is -2.92. The van der Waals surface area contributed by atoms with E-state index < -0.39 is 23.2 Å². The Morgan fingerprint density at radius 3 is 2.62 bits per heavy atom. The Kier molecular flexibility index (Phi) is 9.72. The summed E-state index contributed by atoms with van der Waals surface area (Å²) in [5, 5.41) is 32.9. The van der Waals surface area contributed by atoms with Gasteiger partial charge in [0.15, 0.2) is 0 Å². The van der Waals surface area contributed by atoms with Crippen LogP contribution < -0.4 is 21.3 Å². The molecule has 6 N–H and O–H groups in total. The molecular weight excluding hydrogens is 476 g/mol. The van der Waals surface area contributed by atoms with Crippen molar-refractivity contribution in [3.8, 4) is 0 Å². The lowest BCUT2D eigenvalue weighted by Crippen LogP contribution is -2.61. The van der Waals surface area contributed by atoms with E-state index in [2.05, 4.69) is 32.3 Å². The molecule has 3 heterocycles. The molecule has 0 bridgehead atoms. The molecule has 3 rings (SSSR count). The molecule has 0 aromatic carbocycles. The number of amides is 3. The molecule has 206 valence electrons. The minimum Gasteiger partial charge on any atom is -0.480 e. The van der Waals surface area contributed by atoms with Crippen molar-refractivity contribution >= 4 is 23.7 Å². The van der Waals surface area contributed by atoms with Crippen LogP contribution in [-0.2, 0) is 22.4 Å². The van der Waals surface area contributed by atoms with Gasteiger partial charge in [-0.2, -0.15) is 0 Å². The molecule has 1 saturated heterocycles. The zero-order valence-electron chi connectivity index (χ0n) is 22.2. The van der Waals surface area contributed by atoms with Crippen molar-refractivity contribution in [2.75, 3.05) is 38.0 Å². The molecule has 37 heavy (non-hydrogen) atoms. The number of aliphatic hydroxyl groups is 1. The fourth-order valence-electron chi connectivity index (χ4n) is 5.05. The van der Waals surface area contributed by atoms with Crippen molar-refractivity contribution in [1.29, 1.82) is 0 Å². The predicted octanol–water partition coefficient (Wildman–Crippen LogP) is 1.26. The van der Waals surface area contributed by atoms with Gasteiger partial charge in [0.2, 0.25) is 5.91 Å². The number of hydrogen-bond acceptors (Lipinski definition) is 7. The maximum atomic E-state index is 12.6. The first-order valence-electron chi connectivity index (χ1n) is 13.2. The minimum absolute atomic E-state index is 0.156. The highest BCUT2D eigenvalue weighted by atomic mass is 16.4. The smallest absolute Gasteiger partial charge is 0.323 e. The maximum absolute atomic E-state index is 12.6. The highest BCUT2D eigenvalue weighted by Gasteiger charge is 2.44. The normalized spacial score (nSPS) is 17.8. The monoisotopic (exact) mass is 518 g/mol. The third-order valence-corrected chi connectivity index (χ3v) is 7.15. The fraction of sp³-hybridized carbons (Fsp3) is 0.692. The summed E-state index contributed by atoms with van der Waals surface area (Å²) in [6.07, 6.45) is 4.51. The third kappa shape index (κ3) is 8.29. The summed E-state index contributed by atoms with van der Waals surface area (Å²) in [6, 6.07) is 2.80. The van der Waals surface area contributed by atoms with Gasteiger partial charge in [0, 0.05) is 44.3 Å². The van der Waals surface area contributed by atoms with Gasteiger partial charge < -0.3 is 36.4 Å². The van der Waals surface area contributed by atoms with E-state index >= 15 is 0 Å². The van der Waals surface area contributed by atoms with Crippen LogP contribution in [0.4, 0.5) is 10.6 Å². The topological polar surface area (TPSA) is 156 Å². The number of piperidine rings is 1. The van der Waals surface area contributed by atoms with Crippen LogP contribution in [0, 0.1) is 0 Å². The Labute approximate surface area is 218 Å². The lowest BCUT2D eigenvalue weighted by Gasteiger charge is -2.41. The molecule has 1 unspecified atom stereocenters. The lowest BCUT2D eigenvalue weighted by molar-refractivity contribution is -0.150. The highest BCUT2D eigenvalue weighted by Crippen LogP contribution is 2.27. The van der Waals surface area contributed by atoms with Gasteiger partial charge in [-0.05, 0) is 77.0 Å². The van der Waals surface area contributed by atoms with Crippen molar-refractivity contribution < 1.29 is 24.6 Å². The van der Waals surface area contributed by atoms with E-state index in [9.17, 15) is 24.6 Å². The summed E-state index contributed by atoms with van der Waals surface area (Å²) in [5.74, 6) is -0.320. The fourth-order valence-corrected chi connectivity index (χ4v) is 5.05. The minimum atomic E-state index is -1.47. The molecule has 0 spiro atoms. The molecule has 2 aliphatic rings. The third-order valence-electron chi connectivity index (χ3n) is 7.15. The summed E-state index contributed by atoms with van der Waals surface area (Å²) >= 11 is 0. The van der Waals surface area contributed by atoms with Crippen molar-refractivity contribution in [2.45, 2.75) is 82.9 Å². The van der Waals surface area contributed by atoms with Crippen LogP contribution in [0.15, 0.2) is 12.1 Å². The van der Waals surface area contributed by atoms with E-state index in [1.54, 1.807) is 4.90 Å². The molecule has 0 radical (unpaired) electrons. The van der Waals surface area contributed by atoms with Crippen molar-refractivity contribution in [2.24, 2.45) is 0 Å². The Morgan fingerprint density at radius 1 is 1.22 bits per heavy atom. The lowest BCUT2D eigenvalue weighted by atomic mass is 9.84. The summed E-state index contributed by atoms with van der Waals surface area (Å²) in [5.41, 5.74) is 0.284. The first-order chi connectivity index (χ1) is 17.5. The number of fused-ring (bicyclic) bond motifs is 1. The largest absolute Gasteiger partial charge is 0.480 e. The average molecular weight is 519 g/mol. The number of hydrogen-bond donors (Lipinski definition) is 6. The van der Waals surface area contributed by atoms with Crippen molar-refractivity contribution in [3.05, 3.63) is 23.4 Å². The number of aryl methyl sites for hydroxylation is 2. The molecule has 11 nitrogen and oxygen atoms in total. The SMILES string of the molecule is CC(=O)NC(C)(C)CCNC(C(=O)O)C1(O)CCN(C(=O)NCCCc2ccc3c(n2)NCCC3)CC1. The first-order valence-corrected chi connectivity index (χ1v) is 13.2. The number of carboxylic acid groups (broad SMARTS) is 1. The standard InChI is InChI=1S/C26H42N6O5/c1-18(33)31-25(2,3)10-15-27-21(23(34)35)26(37)11-16-32(17-12-26)24(36)29-14-5-7-20-9-8-19-6-4-13-28-22(19)30-20/h8-9,21,27,37H,4-7,10-17H2,1-3H3,(H,28,30)(H,29,36)(H,31,33)(H,34,35). The van der Waals surface area contributed by atoms with Crippen LogP contribution in [0.1, 0.15) is 64.1 Å². The second kappa shape index (κ2) is 12.6. The van der Waals surface area contributed by atoms with Gasteiger partial charge in [-0.15, -0.1) is 0 Å². The molecule has 2 aliphatic heterocycles. The van der Waals surface area contributed by atoms with Crippen LogP contribution in [-0.4, -0.2) is 87.9 Å². The van der Waals surface area contributed by atoms with Crippen molar-refractivity contribution in [1.82, 2.24) is 25.8 Å². The highest BCUT2D eigenvalue weighted by molar-refractivity contribution is 5.76. The second-order valence-corrected chi connectivity index (χ2v) is 10.8. The van der Waals surface area contributed by atoms with Gasteiger partial charge in [0.25, 0.3) is 0 Å². The number of carbonyl (C=O) groups excluding carboxylic acids is 2. The number of aromatic nitrogens is 1. The van der Waals surface area contributed by atoms with Crippen LogP contribution in [0.3, 0.4) is 0 Å². The molecular formula is C26H42N6O5. The first kappa shape index (κ1) is 28.6. The Balaban J connectivity index is 1.41. The Morgan fingerprint density at radius 2 is 1.95 bits per heavy atom. The quantitative estimate of drug-likeness (QED) is 0.239. The van der Waals surface area contributed by atoms with Crippen LogP contribution in [0.5, 0.6) is 0 Å². The zero-order chi connectivity index (χ0) is 27.1. The summed E-state index contributed by atoms with van der Waals surface area (Å²) < 4.78 is 0. The van der Waals surface area contributed by atoms with Gasteiger partial charge in [-0.25, -0.2) is 9.78 Å². The second-order valence-electron chi connectivity index (χ2n) is 10.8.